The molecule has 0 heterocycles. The summed E-state index contributed by atoms with van der Waals surface area (Å²) >= 11 is 0. The number of para-hydroxylation sites is 1. The molecule has 1 rings (SSSR count). The van der Waals surface area contributed by atoms with Crippen molar-refractivity contribution in [1.29, 1.82) is 0 Å². The smallest absolute Gasteiger partial charge is 0.122 e. The third-order valence-electron chi connectivity index (χ3n) is 3.58. The zero-order chi connectivity index (χ0) is 15.0. The molecule has 0 aliphatic heterocycles. The van der Waals surface area contributed by atoms with E-state index >= 15 is 0 Å². The van der Waals surface area contributed by atoms with Crippen molar-refractivity contribution in [3.8, 4) is 5.75 Å². The molecule has 0 saturated carbocycles. The lowest BCUT2D eigenvalue weighted by molar-refractivity contribution is 0.201. The number of nitrogens with one attached hydrogen (secondary N) is 1. The molecule has 114 valence electrons. The van der Waals surface area contributed by atoms with E-state index in [0.29, 0.717) is 18.6 Å². The van der Waals surface area contributed by atoms with Crippen molar-refractivity contribution in [1.82, 2.24) is 5.32 Å². The van der Waals surface area contributed by atoms with Gasteiger partial charge in [-0.1, -0.05) is 45.9 Å². The van der Waals surface area contributed by atoms with Crippen molar-refractivity contribution in [2.24, 2.45) is 0 Å². The topological polar surface area (TPSA) is 41.5 Å². The van der Waals surface area contributed by atoms with Gasteiger partial charge in [-0.3, -0.25) is 0 Å². The number of aliphatic hydroxyl groups is 1. The van der Waals surface area contributed by atoms with Crippen LogP contribution < -0.4 is 10.1 Å². The predicted molar refractivity (Wildman–Crippen MR) is 84.4 cm³/mol. The van der Waals surface area contributed by atoms with Crippen LogP contribution in [0.2, 0.25) is 0 Å². The van der Waals surface area contributed by atoms with E-state index in [-0.39, 0.29) is 12.6 Å². The molecule has 20 heavy (non-hydrogen) atoms. The fourth-order valence-corrected chi connectivity index (χ4v) is 2.25. The first kappa shape index (κ1) is 17.0. The fraction of sp³-hybridized carbons (Fsp3) is 0.647. The van der Waals surface area contributed by atoms with E-state index in [1.807, 2.05) is 12.1 Å². The lowest BCUT2D eigenvalue weighted by Gasteiger charge is -2.20. The molecule has 0 bridgehead atoms. The first-order chi connectivity index (χ1) is 9.58. The van der Waals surface area contributed by atoms with E-state index in [1.165, 1.54) is 5.56 Å². The Morgan fingerprint density at radius 1 is 1.20 bits per heavy atom. The lowest BCUT2D eigenvalue weighted by atomic mass is 9.98. The second-order valence-corrected chi connectivity index (χ2v) is 5.69. The number of rotatable bonds is 9. The van der Waals surface area contributed by atoms with Crippen LogP contribution in [0.25, 0.3) is 0 Å². The van der Waals surface area contributed by atoms with Crippen molar-refractivity contribution in [2.75, 3.05) is 13.2 Å². The maximum atomic E-state index is 9.33. The van der Waals surface area contributed by atoms with Crippen molar-refractivity contribution in [3.05, 3.63) is 29.8 Å². The molecule has 2 N–H and O–H groups in total. The van der Waals surface area contributed by atoms with Gasteiger partial charge in [0.2, 0.25) is 0 Å². The summed E-state index contributed by atoms with van der Waals surface area (Å²) in [7, 11) is 0. The van der Waals surface area contributed by atoms with E-state index in [1.54, 1.807) is 0 Å². The SMILES string of the molecule is CCC(C)c1ccccc1OCCC(CO)NC(C)C. The summed E-state index contributed by atoms with van der Waals surface area (Å²) in [6.07, 6.45) is 1.91. The molecule has 0 fully saturated rings. The highest BCUT2D eigenvalue weighted by atomic mass is 16.5. The van der Waals surface area contributed by atoms with Crippen LogP contribution in [0.5, 0.6) is 5.75 Å². The van der Waals surface area contributed by atoms with Crippen LogP contribution in [-0.2, 0) is 0 Å². The Kier molecular flexibility index (Phi) is 7.63. The minimum absolute atomic E-state index is 0.103. The molecule has 0 radical (unpaired) electrons. The highest BCUT2D eigenvalue weighted by Gasteiger charge is 2.11. The molecule has 0 spiro atoms. The van der Waals surface area contributed by atoms with Crippen LogP contribution in [0.15, 0.2) is 24.3 Å². The van der Waals surface area contributed by atoms with Crippen molar-refractivity contribution in [2.45, 2.75) is 58.5 Å². The molecule has 0 aromatic heterocycles. The zero-order valence-electron chi connectivity index (χ0n) is 13.2. The highest BCUT2D eigenvalue weighted by molar-refractivity contribution is 5.35. The number of hydrogen-bond acceptors (Lipinski definition) is 3. The summed E-state index contributed by atoms with van der Waals surface area (Å²) in [4.78, 5) is 0. The summed E-state index contributed by atoms with van der Waals surface area (Å²) in [5.74, 6) is 1.48. The summed E-state index contributed by atoms with van der Waals surface area (Å²) in [6.45, 7) is 9.35. The molecule has 2 unspecified atom stereocenters. The molecule has 3 heteroatoms. The Morgan fingerprint density at radius 2 is 1.90 bits per heavy atom. The van der Waals surface area contributed by atoms with Crippen LogP contribution >= 0.6 is 0 Å². The van der Waals surface area contributed by atoms with E-state index in [4.69, 9.17) is 4.74 Å². The van der Waals surface area contributed by atoms with Gasteiger partial charge in [0, 0.05) is 12.1 Å². The van der Waals surface area contributed by atoms with Gasteiger partial charge < -0.3 is 15.2 Å². The molecular formula is C17H29NO2. The van der Waals surface area contributed by atoms with Crippen LogP contribution in [0.1, 0.15) is 52.0 Å². The second-order valence-electron chi connectivity index (χ2n) is 5.69. The van der Waals surface area contributed by atoms with E-state index in [0.717, 1.165) is 18.6 Å². The van der Waals surface area contributed by atoms with Gasteiger partial charge in [0.15, 0.2) is 0 Å². The number of ether oxygens (including phenoxy) is 1. The van der Waals surface area contributed by atoms with E-state index in [9.17, 15) is 5.11 Å². The molecule has 1 aromatic carbocycles. The highest BCUT2D eigenvalue weighted by Crippen LogP contribution is 2.28. The van der Waals surface area contributed by atoms with Gasteiger partial charge in [0.25, 0.3) is 0 Å². The van der Waals surface area contributed by atoms with Gasteiger partial charge >= 0.3 is 0 Å². The third kappa shape index (κ3) is 5.51. The van der Waals surface area contributed by atoms with Crippen molar-refractivity contribution < 1.29 is 9.84 Å². The molecule has 2 atom stereocenters. The number of hydrogen-bond donors (Lipinski definition) is 2. The second kappa shape index (κ2) is 8.98. The minimum Gasteiger partial charge on any atom is -0.493 e. The standard InChI is InChI=1S/C17H29NO2/c1-5-14(4)16-8-6-7-9-17(16)20-11-10-15(12-19)18-13(2)3/h6-9,13-15,18-19H,5,10-12H2,1-4H3. The number of aliphatic hydroxyl groups excluding tert-OH is 1. The molecule has 0 aliphatic rings. The molecular weight excluding hydrogens is 250 g/mol. The fourth-order valence-electron chi connectivity index (χ4n) is 2.25. The van der Waals surface area contributed by atoms with Crippen molar-refractivity contribution >= 4 is 0 Å². The van der Waals surface area contributed by atoms with Gasteiger partial charge in [0.1, 0.15) is 5.75 Å². The molecule has 0 amide bonds. The summed E-state index contributed by atoms with van der Waals surface area (Å²) in [5.41, 5.74) is 1.27. The Morgan fingerprint density at radius 3 is 2.50 bits per heavy atom. The largest absolute Gasteiger partial charge is 0.493 e. The first-order valence-corrected chi connectivity index (χ1v) is 7.67. The average molecular weight is 279 g/mol. The Bertz CT molecular complexity index is 379. The maximum Gasteiger partial charge on any atom is 0.122 e. The Hall–Kier alpha value is -1.06. The molecule has 1 aromatic rings. The monoisotopic (exact) mass is 279 g/mol. The van der Waals surface area contributed by atoms with Gasteiger partial charge in [-0.25, -0.2) is 0 Å². The quantitative estimate of drug-likeness (QED) is 0.728. The van der Waals surface area contributed by atoms with Crippen molar-refractivity contribution in [3.63, 3.8) is 0 Å². The van der Waals surface area contributed by atoms with Gasteiger partial charge in [-0.15, -0.1) is 0 Å². The third-order valence-corrected chi connectivity index (χ3v) is 3.58. The lowest BCUT2D eigenvalue weighted by Crippen LogP contribution is -2.38. The number of benzene rings is 1. The van der Waals surface area contributed by atoms with E-state index < -0.39 is 0 Å². The predicted octanol–water partition coefficient (Wildman–Crippen LogP) is 3.33. The summed E-state index contributed by atoms with van der Waals surface area (Å²) in [6, 6.07) is 8.72. The molecule has 0 saturated heterocycles. The minimum atomic E-state index is 0.103. The first-order valence-electron chi connectivity index (χ1n) is 7.67. The van der Waals surface area contributed by atoms with Crippen LogP contribution in [-0.4, -0.2) is 30.4 Å². The Labute approximate surface area is 123 Å². The van der Waals surface area contributed by atoms with Crippen LogP contribution in [0.4, 0.5) is 0 Å². The van der Waals surface area contributed by atoms with Gasteiger partial charge in [0.05, 0.1) is 13.2 Å². The van der Waals surface area contributed by atoms with Crippen LogP contribution in [0, 0.1) is 0 Å². The van der Waals surface area contributed by atoms with Gasteiger partial charge in [-0.2, -0.15) is 0 Å². The molecule has 0 aliphatic carbocycles. The average Bonchev–Trinajstić information content (AvgIpc) is 2.45. The van der Waals surface area contributed by atoms with E-state index in [2.05, 4.69) is 45.1 Å². The maximum absolute atomic E-state index is 9.33. The summed E-state index contributed by atoms with van der Waals surface area (Å²) < 4.78 is 5.92. The van der Waals surface area contributed by atoms with Crippen LogP contribution in [0.3, 0.4) is 0 Å². The molecule has 3 nitrogen and oxygen atoms in total. The zero-order valence-corrected chi connectivity index (χ0v) is 13.2. The summed E-state index contributed by atoms with van der Waals surface area (Å²) in [5, 5.41) is 12.7. The van der Waals surface area contributed by atoms with Gasteiger partial charge in [-0.05, 0) is 30.4 Å². The Balaban J connectivity index is 2.53. The normalized spacial score (nSPS) is 14.3.